The van der Waals surface area contributed by atoms with Crippen molar-refractivity contribution in [3.05, 3.63) is 47.0 Å². The molecule has 0 fully saturated rings. The predicted molar refractivity (Wildman–Crippen MR) is 66.7 cm³/mol. The van der Waals surface area contributed by atoms with Crippen molar-refractivity contribution in [1.82, 2.24) is 9.55 Å². The minimum Gasteiger partial charge on any atom is -0.396 e. The Labute approximate surface area is 103 Å². The lowest BCUT2D eigenvalue weighted by Crippen LogP contribution is -1.94. The molecule has 0 aliphatic carbocycles. The van der Waals surface area contributed by atoms with Crippen LogP contribution in [0.3, 0.4) is 0 Å². The summed E-state index contributed by atoms with van der Waals surface area (Å²) in [5.74, 6) is 0. The van der Waals surface area contributed by atoms with Crippen molar-refractivity contribution in [2.45, 2.75) is 12.8 Å². The van der Waals surface area contributed by atoms with Crippen LogP contribution in [0.25, 0.3) is 5.69 Å². The third kappa shape index (κ3) is 2.51. The summed E-state index contributed by atoms with van der Waals surface area (Å²) in [6.45, 7) is 0.237. The highest BCUT2D eigenvalue weighted by Gasteiger charge is 2.03. The SMILES string of the molecule is OCCCc1ccc(-n2ccnc2)c(Br)c1. The van der Waals surface area contributed by atoms with E-state index >= 15 is 0 Å². The first-order valence-corrected chi connectivity index (χ1v) is 5.98. The summed E-state index contributed by atoms with van der Waals surface area (Å²) in [7, 11) is 0. The van der Waals surface area contributed by atoms with E-state index in [0.29, 0.717) is 0 Å². The second kappa shape index (κ2) is 5.27. The molecule has 1 heterocycles. The van der Waals surface area contributed by atoms with Crippen LogP contribution in [0.1, 0.15) is 12.0 Å². The maximum atomic E-state index is 8.78. The molecule has 0 unspecified atom stereocenters. The van der Waals surface area contributed by atoms with E-state index in [0.717, 1.165) is 23.0 Å². The minimum atomic E-state index is 0.237. The summed E-state index contributed by atoms with van der Waals surface area (Å²) in [6, 6.07) is 6.22. The average molecular weight is 281 g/mol. The van der Waals surface area contributed by atoms with Gasteiger partial charge in [0.05, 0.1) is 12.0 Å². The zero-order chi connectivity index (χ0) is 11.4. The van der Waals surface area contributed by atoms with Gasteiger partial charge in [-0.15, -0.1) is 0 Å². The molecule has 2 aromatic rings. The predicted octanol–water partition coefficient (Wildman–Crippen LogP) is 2.56. The number of rotatable bonds is 4. The van der Waals surface area contributed by atoms with Gasteiger partial charge >= 0.3 is 0 Å². The molecule has 1 N–H and O–H groups in total. The number of benzene rings is 1. The molecule has 84 valence electrons. The quantitative estimate of drug-likeness (QED) is 0.935. The maximum Gasteiger partial charge on any atom is 0.0992 e. The number of imidazole rings is 1. The Morgan fingerprint density at radius 1 is 1.38 bits per heavy atom. The maximum absolute atomic E-state index is 8.78. The van der Waals surface area contributed by atoms with Gasteiger partial charge in [-0.3, -0.25) is 0 Å². The topological polar surface area (TPSA) is 38.0 Å². The summed E-state index contributed by atoms with van der Waals surface area (Å²) in [6.07, 6.45) is 7.14. The second-order valence-corrected chi connectivity index (χ2v) is 4.44. The van der Waals surface area contributed by atoms with Gasteiger partial charge in [0.1, 0.15) is 0 Å². The summed E-state index contributed by atoms with van der Waals surface area (Å²) in [4.78, 5) is 4.02. The molecule has 4 heteroatoms. The van der Waals surface area contributed by atoms with Crippen LogP contribution in [-0.2, 0) is 6.42 Å². The smallest absolute Gasteiger partial charge is 0.0992 e. The molecule has 2 rings (SSSR count). The molecular formula is C12H13BrN2O. The van der Waals surface area contributed by atoms with Crippen LogP contribution in [0.15, 0.2) is 41.4 Å². The van der Waals surface area contributed by atoms with Crippen molar-refractivity contribution >= 4 is 15.9 Å². The highest BCUT2D eigenvalue weighted by Crippen LogP contribution is 2.22. The fourth-order valence-electron chi connectivity index (χ4n) is 1.60. The third-order valence-electron chi connectivity index (χ3n) is 2.42. The molecule has 1 aromatic carbocycles. The van der Waals surface area contributed by atoms with E-state index in [-0.39, 0.29) is 6.61 Å². The largest absolute Gasteiger partial charge is 0.396 e. The van der Waals surface area contributed by atoms with Gasteiger partial charge in [-0.1, -0.05) is 6.07 Å². The molecule has 16 heavy (non-hydrogen) atoms. The van der Waals surface area contributed by atoms with Crippen LogP contribution in [-0.4, -0.2) is 21.3 Å². The highest BCUT2D eigenvalue weighted by molar-refractivity contribution is 9.10. The van der Waals surface area contributed by atoms with E-state index in [9.17, 15) is 0 Å². The Hall–Kier alpha value is -1.13. The molecule has 0 saturated heterocycles. The van der Waals surface area contributed by atoms with Crippen molar-refractivity contribution in [3.63, 3.8) is 0 Å². The zero-order valence-electron chi connectivity index (χ0n) is 8.81. The molecular weight excluding hydrogens is 268 g/mol. The molecule has 0 bridgehead atoms. The number of aromatic nitrogens is 2. The van der Waals surface area contributed by atoms with Crippen LogP contribution in [0.4, 0.5) is 0 Å². The minimum absolute atomic E-state index is 0.237. The normalized spacial score (nSPS) is 10.6. The van der Waals surface area contributed by atoms with Gasteiger partial charge in [-0.25, -0.2) is 4.98 Å². The van der Waals surface area contributed by atoms with Crippen LogP contribution >= 0.6 is 15.9 Å². The summed E-state index contributed by atoms with van der Waals surface area (Å²) in [5.41, 5.74) is 2.30. The Morgan fingerprint density at radius 2 is 2.25 bits per heavy atom. The second-order valence-electron chi connectivity index (χ2n) is 3.58. The van der Waals surface area contributed by atoms with Gasteiger partial charge < -0.3 is 9.67 Å². The first-order chi connectivity index (χ1) is 7.81. The fourth-order valence-corrected chi connectivity index (χ4v) is 2.23. The molecule has 1 aromatic heterocycles. The van der Waals surface area contributed by atoms with Gasteiger partial charge in [0, 0.05) is 23.5 Å². The fraction of sp³-hybridized carbons (Fsp3) is 0.250. The van der Waals surface area contributed by atoms with E-state index in [4.69, 9.17) is 5.11 Å². The number of halogens is 1. The molecule has 0 aliphatic heterocycles. The molecule has 0 radical (unpaired) electrons. The van der Waals surface area contributed by atoms with Crippen LogP contribution in [0.2, 0.25) is 0 Å². The molecule has 0 spiro atoms. The Bertz CT molecular complexity index is 454. The van der Waals surface area contributed by atoms with Crippen molar-refractivity contribution < 1.29 is 5.11 Å². The number of aliphatic hydroxyl groups is 1. The van der Waals surface area contributed by atoms with E-state index in [1.54, 1.807) is 12.5 Å². The lowest BCUT2D eigenvalue weighted by molar-refractivity contribution is 0.288. The third-order valence-corrected chi connectivity index (χ3v) is 3.05. The lowest BCUT2D eigenvalue weighted by atomic mass is 10.1. The zero-order valence-corrected chi connectivity index (χ0v) is 10.4. The van der Waals surface area contributed by atoms with Gasteiger partial charge in [0.2, 0.25) is 0 Å². The highest BCUT2D eigenvalue weighted by atomic mass is 79.9. The lowest BCUT2D eigenvalue weighted by Gasteiger charge is -2.07. The van der Waals surface area contributed by atoms with Gasteiger partial charge in [0.15, 0.2) is 0 Å². The molecule has 0 aliphatic rings. The number of nitrogens with zero attached hydrogens (tertiary/aromatic N) is 2. The van der Waals surface area contributed by atoms with Gasteiger partial charge in [-0.2, -0.15) is 0 Å². The van der Waals surface area contributed by atoms with Crippen LogP contribution in [0, 0.1) is 0 Å². The Kier molecular flexibility index (Phi) is 3.74. The summed E-state index contributed by atoms with van der Waals surface area (Å²) in [5, 5.41) is 8.78. The van der Waals surface area contributed by atoms with Crippen molar-refractivity contribution in [2.24, 2.45) is 0 Å². The molecule has 0 atom stereocenters. The first-order valence-electron chi connectivity index (χ1n) is 5.19. The van der Waals surface area contributed by atoms with Crippen LogP contribution < -0.4 is 0 Å². The van der Waals surface area contributed by atoms with E-state index < -0.39 is 0 Å². The van der Waals surface area contributed by atoms with Crippen molar-refractivity contribution in [2.75, 3.05) is 6.61 Å². The summed E-state index contributed by atoms with van der Waals surface area (Å²) >= 11 is 3.55. The standard InChI is InChI=1S/C12H13BrN2O/c13-11-8-10(2-1-7-16)3-4-12(11)15-6-5-14-9-15/h3-6,8-9,16H,1-2,7H2. The van der Waals surface area contributed by atoms with Gasteiger partial charge in [-0.05, 0) is 46.5 Å². The molecule has 3 nitrogen and oxygen atoms in total. The number of hydrogen-bond donors (Lipinski definition) is 1. The summed E-state index contributed by atoms with van der Waals surface area (Å²) < 4.78 is 3.00. The van der Waals surface area contributed by atoms with Crippen molar-refractivity contribution in [3.8, 4) is 5.69 Å². The monoisotopic (exact) mass is 280 g/mol. The average Bonchev–Trinajstić information content (AvgIpc) is 2.80. The van der Waals surface area contributed by atoms with Crippen molar-refractivity contribution in [1.29, 1.82) is 0 Å². The Balaban J connectivity index is 2.23. The van der Waals surface area contributed by atoms with E-state index in [2.05, 4.69) is 39.1 Å². The number of aryl methyl sites for hydroxylation is 1. The number of hydrogen-bond acceptors (Lipinski definition) is 2. The van der Waals surface area contributed by atoms with Crippen LogP contribution in [0.5, 0.6) is 0 Å². The molecule has 0 saturated carbocycles. The number of aliphatic hydroxyl groups excluding tert-OH is 1. The van der Waals surface area contributed by atoms with Gasteiger partial charge in [0.25, 0.3) is 0 Å². The Morgan fingerprint density at radius 3 is 2.88 bits per heavy atom. The van der Waals surface area contributed by atoms with E-state index in [1.165, 1.54) is 5.56 Å². The first kappa shape index (κ1) is 11.4. The van der Waals surface area contributed by atoms with E-state index in [1.807, 2.05) is 10.8 Å². The molecule has 0 amide bonds.